The van der Waals surface area contributed by atoms with Gasteiger partial charge < -0.3 is 10.2 Å². The second-order valence-corrected chi connectivity index (χ2v) is 10.6. The first kappa shape index (κ1) is 27.6. The van der Waals surface area contributed by atoms with E-state index in [9.17, 15) is 9.59 Å². The zero-order chi connectivity index (χ0) is 24.5. The second kappa shape index (κ2) is 13.3. The number of amides is 2. The largest absolute Gasteiger partial charge is 0.354 e. The monoisotopic (exact) mass is 508 g/mol. The lowest BCUT2D eigenvalue weighted by atomic mass is 10.1. The molecule has 2 aromatic rings. The van der Waals surface area contributed by atoms with Gasteiger partial charge in [0, 0.05) is 34.5 Å². The van der Waals surface area contributed by atoms with Crippen LogP contribution in [-0.4, -0.2) is 35.1 Å². The summed E-state index contributed by atoms with van der Waals surface area (Å²) in [5.41, 5.74) is 4.26. The molecule has 2 amide bonds. The molecule has 180 valence electrons. The molecule has 0 aromatic heterocycles. The van der Waals surface area contributed by atoms with Gasteiger partial charge in [-0.2, -0.15) is 0 Å². The third kappa shape index (κ3) is 8.55. The minimum Gasteiger partial charge on any atom is -0.354 e. The molecule has 0 heterocycles. The molecule has 0 bridgehead atoms. The van der Waals surface area contributed by atoms with Crippen LogP contribution in [0.15, 0.2) is 36.4 Å². The van der Waals surface area contributed by atoms with Gasteiger partial charge in [-0.25, -0.2) is 0 Å². The van der Waals surface area contributed by atoms with E-state index in [4.69, 9.17) is 23.2 Å². The summed E-state index contributed by atoms with van der Waals surface area (Å²) in [6.45, 7) is 10.9. The Labute approximate surface area is 212 Å². The van der Waals surface area contributed by atoms with E-state index in [-0.39, 0.29) is 24.1 Å². The average Bonchev–Trinajstić information content (AvgIpc) is 2.73. The first-order valence-corrected chi connectivity index (χ1v) is 13.2. The molecule has 0 aliphatic carbocycles. The van der Waals surface area contributed by atoms with Gasteiger partial charge >= 0.3 is 0 Å². The first-order chi connectivity index (χ1) is 15.6. The van der Waals surface area contributed by atoms with Crippen molar-refractivity contribution in [3.63, 3.8) is 0 Å². The van der Waals surface area contributed by atoms with E-state index in [1.807, 2.05) is 20.8 Å². The smallest absolute Gasteiger partial charge is 0.242 e. The summed E-state index contributed by atoms with van der Waals surface area (Å²) in [7, 11) is 0. The highest BCUT2D eigenvalue weighted by Gasteiger charge is 2.29. The third-order valence-electron chi connectivity index (χ3n) is 5.24. The van der Waals surface area contributed by atoms with Gasteiger partial charge in [-0.05, 0) is 43.9 Å². The molecule has 1 unspecified atom stereocenters. The lowest BCUT2D eigenvalue weighted by Gasteiger charge is -2.31. The van der Waals surface area contributed by atoms with E-state index >= 15 is 0 Å². The molecule has 4 nitrogen and oxygen atoms in total. The minimum atomic E-state index is -0.592. The highest BCUT2D eigenvalue weighted by molar-refractivity contribution is 7.99. The summed E-state index contributed by atoms with van der Waals surface area (Å²) in [6, 6.07) is 11.1. The Morgan fingerprint density at radius 3 is 2.21 bits per heavy atom. The number of benzene rings is 2. The molecule has 2 aromatic carbocycles. The highest BCUT2D eigenvalue weighted by Crippen LogP contribution is 2.27. The quantitative estimate of drug-likeness (QED) is 0.380. The van der Waals surface area contributed by atoms with Crippen molar-refractivity contribution in [2.45, 2.75) is 59.4 Å². The van der Waals surface area contributed by atoms with Crippen molar-refractivity contribution in [3.8, 4) is 0 Å². The Morgan fingerprint density at radius 1 is 1.06 bits per heavy atom. The molecule has 0 saturated heterocycles. The number of nitrogens with one attached hydrogen (secondary N) is 1. The number of rotatable bonds is 11. The lowest BCUT2D eigenvalue weighted by molar-refractivity contribution is -0.139. The first-order valence-electron chi connectivity index (χ1n) is 11.3. The van der Waals surface area contributed by atoms with Gasteiger partial charge in [-0.1, -0.05) is 79.4 Å². The summed E-state index contributed by atoms with van der Waals surface area (Å²) >= 11 is 14.3. The molecule has 0 radical (unpaired) electrons. The van der Waals surface area contributed by atoms with Crippen LogP contribution in [0.5, 0.6) is 0 Å². The van der Waals surface area contributed by atoms with Crippen LogP contribution in [0, 0.1) is 19.8 Å². The molecule has 0 aliphatic heterocycles. The van der Waals surface area contributed by atoms with Crippen molar-refractivity contribution in [2.75, 3.05) is 12.3 Å². The predicted octanol–water partition coefficient (Wildman–Crippen LogP) is 6.42. The van der Waals surface area contributed by atoms with E-state index in [2.05, 4.69) is 37.4 Å². The van der Waals surface area contributed by atoms with Gasteiger partial charge in [0.25, 0.3) is 0 Å². The maximum atomic E-state index is 13.4. The van der Waals surface area contributed by atoms with Crippen molar-refractivity contribution in [1.29, 1.82) is 0 Å². The molecular weight excluding hydrogens is 475 g/mol. The van der Waals surface area contributed by atoms with Crippen LogP contribution in [0.2, 0.25) is 10.0 Å². The number of hydrogen-bond donors (Lipinski definition) is 1. The maximum absolute atomic E-state index is 13.4. The molecule has 1 atom stereocenters. The molecular formula is C26H34Cl2N2O2S. The Morgan fingerprint density at radius 2 is 1.67 bits per heavy atom. The van der Waals surface area contributed by atoms with E-state index in [1.54, 1.807) is 34.9 Å². The molecule has 1 N–H and O–H groups in total. The number of halogens is 2. The molecule has 33 heavy (non-hydrogen) atoms. The summed E-state index contributed by atoms with van der Waals surface area (Å²) < 4.78 is 0. The van der Waals surface area contributed by atoms with Crippen molar-refractivity contribution in [2.24, 2.45) is 5.92 Å². The third-order valence-corrected chi connectivity index (χ3v) is 6.93. The number of aryl methyl sites for hydroxylation is 2. The molecule has 2 rings (SSSR count). The number of carbonyl (C=O) groups is 2. The summed E-state index contributed by atoms with van der Waals surface area (Å²) in [4.78, 5) is 28.0. The molecule has 0 aliphatic rings. The normalized spacial score (nSPS) is 12.0. The minimum absolute atomic E-state index is 0.105. The Bertz CT molecular complexity index is 925. The standard InChI is InChI=1S/C26H34Cl2N2O2S/c1-6-24(26(32)29-13-17(2)3)30(14-21-22(27)8-7-9-23(21)28)25(31)16-33-15-20-11-18(4)10-19(5)12-20/h7-12,17,24H,6,13-16H2,1-5H3,(H,29,32). The van der Waals surface area contributed by atoms with Gasteiger partial charge in [0.1, 0.15) is 6.04 Å². The number of carbonyl (C=O) groups excluding carboxylic acids is 2. The molecule has 7 heteroatoms. The van der Waals surface area contributed by atoms with Crippen LogP contribution in [0.3, 0.4) is 0 Å². The van der Waals surface area contributed by atoms with Gasteiger partial charge in [0.05, 0.1) is 5.75 Å². The fourth-order valence-corrected chi connectivity index (χ4v) is 5.05. The topological polar surface area (TPSA) is 49.4 Å². The zero-order valence-corrected chi connectivity index (χ0v) is 22.4. The highest BCUT2D eigenvalue weighted by atomic mass is 35.5. The molecule has 0 fully saturated rings. The van der Waals surface area contributed by atoms with Crippen molar-refractivity contribution in [3.05, 3.63) is 68.7 Å². The predicted molar refractivity (Wildman–Crippen MR) is 141 cm³/mol. The number of thioether (sulfide) groups is 1. The van der Waals surface area contributed by atoms with Crippen molar-refractivity contribution >= 4 is 46.8 Å². The summed E-state index contributed by atoms with van der Waals surface area (Å²) in [5.74, 6) is 1.06. The van der Waals surface area contributed by atoms with E-state index in [1.165, 1.54) is 16.7 Å². The fraction of sp³-hybridized carbons (Fsp3) is 0.462. The van der Waals surface area contributed by atoms with Crippen LogP contribution >= 0.6 is 35.0 Å². The molecule has 0 spiro atoms. The summed E-state index contributed by atoms with van der Waals surface area (Å²) in [6.07, 6.45) is 0.499. The molecule has 0 saturated carbocycles. The Balaban J connectivity index is 2.20. The van der Waals surface area contributed by atoms with Gasteiger partial charge in [0.15, 0.2) is 0 Å². The van der Waals surface area contributed by atoms with Crippen LogP contribution in [-0.2, 0) is 21.9 Å². The maximum Gasteiger partial charge on any atom is 0.242 e. The Hall–Kier alpha value is -1.69. The van der Waals surface area contributed by atoms with E-state index in [0.29, 0.717) is 34.5 Å². The summed E-state index contributed by atoms with van der Waals surface area (Å²) in [5, 5.41) is 3.95. The second-order valence-electron chi connectivity index (χ2n) is 8.77. The van der Waals surface area contributed by atoms with Crippen molar-refractivity contribution < 1.29 is 9.59 Å². The van der Waals surface area contributed by atoms with Gasteiger partial charge in [-0.3, -0.25) is 9.59 Å². The van der Waals surface area contributed by atoms with E-state index in [0.717, 1.165) is 5.75 Å². The van der Waals surface area contributed by atoms with Gasteiger partial charge in [0.2, 0.25) is 11.8 Å². The van der Waals surface area contributed by atoms with Crippen LogP contribution in [0.25, 0.3) is 0 Å². The average molecular weight is 510 g/mol. The lowest BCUT2D eigenvalue weighted by Crippen LogP contribution is -2.50. The SMILES string of the molecule is CCC(C(=O)NCC(C)C)N(Cc1c(Cl)cccc1Cl)C(=O)CSCc1cc(C)cc(C)c1. The number of hydrogen-bond acceptors (Lipinski definition) is 3. The van der Waals surface area contributed by atoms with Crippen LogP contribution < -0.4 is 5.32 Å². The zero-order valence-electron chi connectivity index (χ0n) is 20.1. The van der Waals surface area contributed by atoms with Crippen molar-refractivity contribution in [1.82, 2.24) is 10.2 Å². The Kier molecular flexibility index (Phi) is 11.1. The van der Waals surface area contributed by atoms with E-state index < -0.39 is 6.04 Å². The van der Waals surface area contributed by atoms with Crippen LogP contribution in [0.4, 0.5) is 0 Å². The van der Waals surface area contributed by atoms with Gasteiger partial charge in [-0.15, -0.1) is 11.8 Å². The fourth-order valence-electron chi connectivity index (χ4n) is 3.69. The number of nitrogens with zero attached hydrogens (tertiary/aromatic N) is 1. The van der Waals surface area contributed by atoms with Crippen LogP contribution in [0.1, 0.15) is 49.4 Å².